The van der Waals surface area contributed by atoms with Gasteiger partial charge in [0, 0.05) is 39.1 Å². The maximum Gasteiger partial charge on any atom is 0.226 e. The number of hydrogen-bond acceptors (Lipinski definition) is 5. The second-order valence-corrected chi connectivity index (χ2v) is 12.8. The fourth-order valence-corrected chi connectivity index (χ4v) is 7.16. The van der Waals surface area contributed by atoms with Crippen LogP contribution in [0.2, 0.25) is 5.02 Å². The highest BCUT2D eigenvalue weighted by atomic mass is 35.5. The molecule has 0 atom stereocenters. The summed E-state index contributed by atoms with van der Waals surface area (Å²) in [7, 11) is 0. The van der Waals surface area contributed by atoms with E-state index in [4.69, 9.17) is 25.8 Å². The van der Waals surface area contributed by atoms with E-state index in [1.54, 1.807) is 0 Å². The Morgan fingerprint density at radius 2 is 1.53 bits per heavy atom. The van der Waals surface area contributed by atoms with E-state index in [9.17, 15) is 4.79 Å². The highest BCUT2D eigenvalue weighted by molar-refractivity contribution is 6.32. The van der Waals surface area contributed by atoms with Crippen molar-refractivity contribution in [2.45, 2.75) is 57.9 Å². The van der Waals surface area contributed by atoms with Gasteiger partial charge in [-0.15, -0.1) is 0 Å². The average Bonchev–Trinajstić information content (AvgIpc) is 3.26. The van der Waals surface area contributed by atoms with Crippen molar-refractivity contribution >= 4 is 17.5 Å². The molecule has 3 aliphatic heterocycles. The lowest BCUT2D eigenvalue weighted by Crippen LogP contribution is -2.48. The van der Waals surface area contributed by atoms with Crippen molar-refractivity contribution in [3.63, 3.8) is 0 Å². The Morgan fingerprint density at radius 3 is 2.40 bits per heavy atom. The molecule has 1 saturated heterocycles. The third kappa shape index (κ3) is 7.66. The summed E-state index contributed by atoms with van der Waals surface area (Å²) in [6, 6.07) is 23.0. The van der Waals surface area contributed by atoms with E-state index in [0.29, 0.717) is 42.8 Å². The second-order valence-electron chi connectivity index (χ2n) is 12.4. The van der Waals surface area contributed by atoms with Crippen LogP contribution in [0.25, 0.3) is 0 Å². The largest absolute Gasteiger partial charge is 0.492 e. The van der Waals surface area contributed by atoms with Crippen LogP contribution in [-0.2, 0) is 24.2 Å². The quantitative estimate of drug-likeness (QED) is 0.323. The standard InChI is InChI=1S/C36H43ClN2O4/c37-31-23-29(24-33-35(31)43-21-8-20-41-33)25-34(40)39-17-15-36(16-18-39)14-7-6-12-30-11-4-5-13-32(30)42-22-19-38(27-36)26-28-9-2-1-3-10-28/h1-5,9-11,13,23-24H,6-8,12,14-22,25-27H2. The monoisotopic (exact) mass is 602 g/mol. The van der Waals surface area contributed by atoms with Gasteiger partial charge in [-0.05, 0) is 72.4 Å². The van der Waals surface area contributed by atoms with Crippen molar-refractivity contribution in [3.8, 4) is 17.2 Å². The van der Waals surface area contributed by atoms with Gasteiger partial charge in [0.2, 0.25) is 5.91 Å². The topological polar surface area (TPSA) is 51.2 Å². The van der Waals surface area contributed by atoms with Crippen LogP contribution in [0.5, 0.6) is 17.2 Å². The van der Waals surface area contributed by atoms with Gasteiger partial charge in [-0.25, -0.2) is 0 Å². The molecule has 3 heterocycles. The summed E-state index contributed by atoms with van der Waals surface area (Å²) in [4.78, 5) is 18.1. The van der Waals surface area contributed by atoms with Gasteiger partial charge in [-0.1, -0.05) is 66.6 Å². The molecule has 3 aromatic carbocycles. The van der Waals surface area contributed by atoms with Crippen LogP contribution >= 0.6 is 11.6 Å². The SMILES string of the molecule is O=C(Cc1cc(Cl)c2c(c1)OCCCO2)N1CCC2(CCCCc3ccccc3OCCN(Cc3ccccc3)C2)CC1. The predicted molar refractivity (Wildman–Crippen MR) is 170 cm³/mol. The van der Waals surface area contributed by atoms with Crippen molar-refractivity contribution in [2.24, 2.45) is 5.41 Å². The number of nitrogens with zero attached hydrogens (tertiary/aromatic N) is 2. The molecule has 0 bridgehead atoms. The van der Waals surface area contributed by atoms with E-state index in [-0.39, 0.29) is 11.3 Å². The first kappa shape index (κ1) is 29.8. The minimum atomic E-state index is 0.153. The van der Waals surface area contributed by atoms with E-state index in [1.165, 1.54) is 24.0 Å². The first-order chi connectivity index (χ1) is 21.1. The molecular formula is C36H43ClN2O4. The van der Waals surface area contributed by atoms with Crippen LogP contribution in [0.15, 0.2) is 66.7 Å². The lowest BCUT2D eigenvalue weighted by Gasteiger charge is -2.45. The number of likely N-dealkylation sites (tertiary alicyclic amines) is 1. The van der Waals surface area contributed by atoms with Gasteiger partial charge in [0.1, 0.15) is 12.4 Å². The lowest BCUT2D eigenvalue weighted by molar-refractivity contribution is -0.133. The molecule has 43 heavy (non-hydrogen) atoms. The zero-order chi connectivity index (χ0) is 29.5. The smallest absolute Gasteiger partial charge is 0.226 e. The van der Waals surface area contributed by atoms with Gasteiger partial charge in [0.15, 0.2) is 11.5 Å². The number of carbonyl (C=O) groups is 1. The van der Waals surface area contributed by atoms with Gasteiger partial charge < -0.3 is 19.1 Å². The van der Waals surface area contributed by atoms with E-state index in [1.807, 2.05) is 12.1 Å². The van der Waals surface area contributed by atoms with E-state index >= 15 is 0 Å². The molecule has 0 aromatic heterocycles. The van der Waals surface area contributed by atoms with Gasteiger partial charge in [0.05, 0.1) is 24.7 Å². The molecule has 3 aliphatic rings. The molecular weight excluding hydrogens is 560 g/mol. The van der Waals surface area contributed by atoms with Crippen molar-refractivity contribution in [1.82, 2.24) is 9.80 Å². The summed E-state index contributed by atoms with van der Waals surface area (Å²) in [5, 5.41) is 0.512. The van der Waals surface area contributed by atoms with Gasteiger partial charge in [-0.2, -0.15) is 0 Å². The molecule has 6 nitrogen and oxygen atoms in total. The fourth-order valence-electron chi connectivity index (χ4n) is 6.87. The van der Waals surface area contributed by atoms with E-state index in [0.717, 1.165) is 76.1 Å². The van der Waals surface area contributed by atoms with Crippen LogP contribution in [0.4, 0.5) is 0 Å². The summed E-state index contributed by atoms with van der Waals surface area (Å²) >= 11 is 6.52. The Labute approximate surface area is 260 Å². The van der Waals surface area contributed by atoms with Crippen LogP contribution in [-0.4, -0.2) is 61.7 Å². The number of carbonyl (C=O) groups excluding carboxylic acids is 1. The molecule has 1 spiro atoms. The molecule has 0 unspecified atom stereocenters. The molecule has 0 aliphatic carbocycles. The highest BCUT2D eigenvalue weighted by Crippen LogP contribution is 2.40. The summed E-state index contributed by atoms with van der Waals surface area (Å²) in [5.74, 6) is 2.41. The van der Waals surface area contributed by atoms with Crippen LogP contribution in [0, 0.1) is 5.41 Å². The molecule has 1 fully saturated rings. The number of benzene rings is 3. The molecule has 0 radical (unpaired) electrons. The third-order valence-corrected chi connectivity index (χ3v) is 9.52. The normalized spacial score (nSPS) is 19.3. The highest BCUT2D eigenvalue weighted by Gasteiger charge is 2.37. The van der Waals surface area contributed by atoms with Gasteiger partial charge in [0.25, 0.3) is 0 Å². The summed E-state index contributed by atoms with van der Waals surface area (Å²) in [5.41, 5.74) is 3.69. The number of hydrogen-bond donors (Lipinski definition) is 0. The van der Waals surface area contributed by atoms with Crippen molar-refractivity contribution < 1.29 is 19.0 Å². The third-order valence-electron chi connectivity index (χ3n) is 9.24. The first-order valence-electron chi connectivity index (χ1n) is 15.9. The van der Waals surface area contributed by atoms with E-state index in [2.05, 4.69) is 64.4 Å². The Balaban J connectivity index is 1.14. The number of ether oxygens (including phenoxy) is 3. The van der Waals surface area contributed by atoms with Crippen molar-refractivity contribution in [2.75, 3.05) is 46.0 Å². The zero-order valence-electron chi connectivity index (χ0n) is 25.1. The number of aryl methyl sites for hydroxylation is 1. The van der Waals surface area contributed by atoms with Gasteiger partial charge >= 0.3 is 0 Å². The molecule has 0 N–H and O–H groups in total. The van der Waals surface area contributed by atoms with Crippen LogP contribution < -0.4 is 14.2 Å². The van der Waals surface area contributed by atoms with Crippen molar-refractivity contribution in [3.05, 3.63) is 88.4 Å². The predicted octanol–water partition coefficient (Wildman–Crippen LogP) is 6.96. The van der Waals surface area contributed by atoms with Crippen LogP contribution in [0.1, 0.15) is 55.2 Å². The Hall–Kier alpha value is -3.22. The molecule has 228 valence electrons. The number of piperidine rings is 1. The minimum Gasteiger partial charge on any atom is -0.492 e. The van der Waals surface area contributed by atoms with Gasteiger partial charge in [-0.3, -0.25) is 9.69 Å². The number of amides is 1. The Kier molecular flexibility index (Phi) is 9.74. The van der Waals surface area contributed by atoms with Crippen LogP contribution in [0.3, 0.4) is 0 Å². The number of rotatable bonds is 4. The zero-order valence-corrected chi connectivity index (χ0v) is 25.8. The minimum absolute atomic E-state index is 0.153. The first-order valence-corrected chi connectivity index (χ1v) is 16.3. The Bertz CT molecular complexity index is 1370. The average molecular weight is 603 g/mol. The van der Waals surface area contributed by atoms with Crippen molar-refractivity contribution in [1.29, 1.82) is 0 Å². The number of halogens is 1. The maximum absolute atomic E-state index is 13.5. The summed E-state index contributed by atoms with van der Waals surface area (Å²) in [6.07, 6.45) is 7.72. The Morgan fingerprint density at radius 1 is 0.767 bits per heavy atom. The van der Waals surface area contributed by atoms with E-state index < -0.39 is 0 Å². The lowest BCUT2D eigenvalue weighted by atomic mass is 9.73. The molecule has 6 rings (SSSR count). The number of fused-ring (bicyclic) bond motifs is 2. The fraction of sp³-hybridized carbons (Fsp3) is 0.472. The second kappa shape index (κ2) is 14.0. The molecule has 3 aromatic rings. The maximum atomic E-state index is 13.5. The summed E-state index contributed by atoms with van der Waals surface area (Å²) in [6.45, 7) is 6.22. The molecule has 0 saturated carbocycles. The number of para-hydroxylation sites is 1. The molecule has 7 heteroatoms. The summed E-state index contributed by atoms with van der Waals surface area (Å²) < 4.78 is 18.0. The molecule has 1 amide bonds.